The molecule has 3 rings (SSSR count). The van der Waals surface area contributed by atoms with Gasteiger partial charge >= 0.3 is 12.1 Å². The van der Waals surface area contributed by atoms with Crippen LogP contribution in [-0.4, -0.2) is 24.2 Å². The number of carbonyl (C=O) groups excluding carboxylic acids is 2. The number of nitrogens with zero attached hydrogens (tertiary/aromatic N) is 1. The lowest BCUT2D eigenvalue weighted by atomic mass is 10.1. The fourth-order valence-corrected chi connectivity index (χ4v) is 2.42. The zero-order valence-corrected chi connectivity index (χ0v) is 14.7. The SMILES string of the molecule is COC(=O)c1cccc(-c2ccc(NC(=O)OCc3ccccc3)cc2)n1. The molecular weight excluding hydrogens is 344 g/mol. The number of amides is 1. The highest BCUT2D eigenvalue weighted by atomic mass is 16.5. The molecular formula is C21H18N2O4. The van der Waals surface area contributed by atoms with Gasteiger partial charge in [0, 0.05) is 11.3 Å². The molecule has 2 aromatic carbocycles. The predicted molar refractivity (Wildman–Crippen MR) is 101 cm³/mol. The van der Waals surface area contributed by atoms with Crippen molar-refractivity contribution in [1.29, 1.82) is 0 Å². The molecule has 136 valence electrons. The van der Waals surface area contributed by atoms with E-state index < -0.39 is 12.1 Å². The highest BCUT2D eigenvalue weighted by Gasteiger charge is 2.09. The largest absolute Gasteiger partial charge is 0.464 e. The van der Waals surface area contributed by atoms with Crippen LogP contribution in [0.25, 0.3) is 11.3 Å². The molecule has 0 aliphatic carbocycles. The van der Waals surface area contributed by atoms with Gasteiger partial charge in [-0.2, -0.15) is 0 Å². The molecule has 0 saturated heterocycles. The number of pyridine rings is 1. The minimum Gasteiger partial charge on any atom is -0.464 e. The predicted octanol–water partition coefficient (Wildman–Crippen LogP) is 4.28. The van der Waals surface area contributed by atoms with Crippen molar-refractivity contribution in [3.8, 4) is 11.3 Å². The van der Waals surface area contributed by atoms with Crippen LogP contribution in [0.15, 0.2) is 72.8 Å². The molecule has 0 fully saturated rings. The van der Waals surface area contributed by atoms with E-state index in [1.807, 2.05) is 30.3 Å². The smallest absolute Gasteiger partial charge is 0.411 e. The summed E-state index contributed by atoms with van der Waals surface area (Å²) < 4.78 is 9.87. The lowest BCUT2D eigenvalue weighted by molar-refractivity contribution is 0.0594. The number of anilines is 1. The first-order chi connectivity index (χ1) is 13.2. The van der Waals surface area contributed by atoms with Crippen LogP contribution in [-0.2, 0) is 16.1 Å². The van der Waals surface area contributed by atoms with Gasteiger partial charge in [-0.1, -0.05) is 48.5 Å². The molecule has 0 saturated carbocycles. The molecule has 27 heavy (non-hydrogen) atoms. The number of esters is 1. The molecule has 1 heterocycles. The Bertz CT molecular complexity index is 924. The molecule has 0 unspecified atom stereocenters. The van der Waals surface area contributed by atoms with Crippen molar-refractivity contribution < 1.29 is 19.1 Å². The molecule has 1 N–H and O–H groups in total. The molecule has 0 aliphatic heterocycles. The van der Waals surface area contributed by atoms with Crippen molar-refractivity contribution in [2.75, 3.05) is 12.4 Å². The summed E-state index contributed by atoms with van der Waals surface area (Å²) in [5.41, 5.74) is 3.20. The molecule has 6 nitrogen and oxygen atoms in total. The van der Waals surface area contributed by atoms with Gasteiger partial charge in [0.25, 0.3) is 0 Å². The van der Waals surface area contributed by atoms with Gasteiger partial charge in [0.2, 0.25) is 0 Å². The summed E-state index contributed by atoms with van der Waals surface area (Å²) in [6.45, 7) is 0.203. The summed E-state index contributed by atoms with van der Waals surface area (Å²) in [4.78, 5) is 27.8. The van der Waals surface area contributed by atoms with Crippen LogP contribution in [0.3, 0.4) is 0 Å². The van der Waals surface area contributed by atoms with E-state index in [9.17, 15) is 9.59 Å². The molecule has 1 aromatic heterocycles. The zero-order chi connectivity index (χ0) is 19.1. The van der Waals surface area contributed by atoms with Gasteiger partial charge < -0.3 is 9.47 Å². The standard InChI is InChI=1S/C21H18N2O4/c1-26-20(24)19-9-5-8-18(23-19)16-10-12-17(13-11-16)22-21(25)27-14-15-6-3-2-4-7-15/h2-13H,14H2,1H3,(H,22,25). The van der Waals surface area contributed by atoms with Gasteiger partial charge in [0.05, 0.1) is 12.8 Å². The molecule has 0 radical (unpaired) electrons. The van der Waals surface area contributed by atoms with Gasteiger partial charge in [0.1, 0.15) is 12.3 Å². The van der Waals surface area contributed by atoms with E-state index in [2.05, 4.69) is 15.0 Å². The number of aromatic nitrogens is 1. The lowest BCUT2D eigenvalue weighted by Gasteiger charge is -2.08. The summed E-state index contributed by atoms with van der Waals surface area (Å²) >= 11 is 0. The van der Waals surface area contributed by atoms with Gasteiger partial charge in [0.15, 0.2) is 0 Å². The number of carbonyl (C=O) groups is 2. The van der Waals surface area contributed by atoms with E-state index in [1.54, 1.807) is 42.5 Å². The van der Waals surface area contributed by atoms with Crippen LogP contribution < -0.4 is 5.32 Å². The Morgan fingerprint density at radius 3 is 2.37 bits per heavy atom. The summed E-state index contributed by atoms with van der Waals surface area (Å²) in [7, 11) is 1.31. The van der Waals surface area contributed by atoms with Gasteiger partial charge in [-0.15, -0.1) is 0 Å². The average molecular weight is 362 g/mol. The Balaban J connectivity index is 1.62. The Morgan fingerprint density at radius 2 is 1.67 bits per heavy atom. The molecule has 6 heteroatoms. The van der Waals surface area contributed by atoms with Crippen molar-refractivity contribution in [3.05, 3.63) is 84.1 Å². The van der Waals surface area contributed by atoms with E-state index in [0.717, 1.165) is 11.1 Å². The second kappa shape index (κ2) is 8.62. The van der Waals surface area contributed by atoms with E-state index in [-0.39, 0.29) is 12.3 Å². The van der Waals surface area contributed by atoms with Crippen molar-refractivity contribution in [2.45, 2.75) is 6.61 Å². The second-order valence-electron chi connectivity index (χ2n) is 5.66. The third kappa shape index (κ3) is 4.92. The Hall–Kier alpha value is -3.67. The van der Waals surface area contributed by atoms with Gasteiger partial charge in [-0.05, 0) is 29.8 Å². The molecule has 0 aliphatic rings. The number of hydrogen-bond acceptors (Lipinski definition) is 5. The number of benzene rings is 2. The maximum Gasteiger partial charge on any atom is 0.411 e. The topological polar surface area (TPSA) is 77.5 Å². The average Bonchev–Trinajstić information content (AvgIpc) is 2.73. The van der Waals surface area contributed by atoms with Crippen molar-refractivity contribution >= 4 is 17.7 Å². The van der Waals surface area contributed by atoms with Crippen LogP contribution in [0.2, 0.25) is 0 Å². The summed E-state index contributed by atoms with van der Waals surface area (Å²) in [5.74, 6) is -0.490. The highest BCUT2D eigenvalue weighted by Crippen LogP contribution is 2.20. The van der Waals surface area contributed by atoms with Crippen LogP contribution >= 0.6 is 0 Å². The number of nitrogens with one attached hydrogen (secondary N) is 1. The van der Waals surface area contributed by atoms with Crippen molar-refractivity contribution in [2.24, 2.45) is 0 Å². The minimum absolute atomic E-state index is 0.203. The third-order valence-corrected chi connectivity index (χ3v) is 3.78. The summed E-state index contributed by atoms with van der Waals surface area (Å²) in [5, 5.41) is 2.67. The molecule has 0 bridgehead atoms. The highest BCUT2D eigenvalue weighted by molar-refractivity contribution is 5.88. The zero-order valence-electron chi connectivity index (χ0n) is 14.7. The van der Waals surface area contributed by atoms with Gasteiger partial charge in [-0.3, -0.25) is 5.32 Å². The first-order valence-electron chi connectivity index (χ1n) is 8.29. The fraction of sp³-hybridized carbons (Fsp3) is 0.0952. The van der Waals surface area contributed by atoms with Crippen molar-refractivity contribution in [1.82, 2.24) is 4.98 Å². The monoisotopic (exact) mass is 362 g/mol. The van der Waals surface area contributed by atoms with Crippen molar-refractivity contribution in [3.63, 3.8) is 0 Å². The van der Waals surface area contributed by atoms with Crippen LogP contribution in [0.4, 0.5) is 10.5 Å². The van der Waals surface area contributed by atoms with Gasteiger partial charge in [-0.25, -0.2) is 14.6 Å². The quantitative estimate of drug-likeness (QED) is 0.685. The molecule has 0 atom stereocenters. The number of rotatable bonds is 5. The molecule has 3 aromatic rings. The Morgan fingerprint density at radius 1 is 0.926 bits per heavy atom. The van der Waals surface area contributed by atoms with E-state index in [1.165, 1.54) is 7.11 Å². The third-order valence-electron chi connectivity index (χ3n) is 3.78. The second-order valence-corrected chi connectivity index (χ2v) is 5.66. The summed E-state index contributed by atoms with van der Waals surface area (Å²) in [6, 6.07) is 21.7. The van der Waals surface area contributed by atoms with Crippen LogP contribution in [0.5, 0.6) is 0 Å². The first kappa shape index (κ1) is 18.1. The lowest BCUT2D eigenvalue weighted by Crippen LogP contribution is -2.13. The molecule has 0 spiro atoms. The maximum absolute atomic E-state index is 11.9. The van der Waals surface area contributed by atoms with E-state index >= 15 is 0 Å². The minimum atomic E-state index is -0.530. The van der Waals surface area contributed by atoms with E-state index in [4.69, 9.17) is 4.74 Å². The fourth-order valence-electron chi connectivity index (χ4n) is 2.42. The summed E-state index contributed by atoms with van der Waals surface area (Å²) in [6.07, 6.45) is -0.530. The maximum atomic E-state index is 11.9. The number of ether oxygens (including phenoxy) is 2. The Kier molecular flexibility index (Phi) is 5.79. The Labute approximate surface area is 156 Å². The number of hydrogen-bond donors (Lipinski definition) is 1. The van der Waals surface area contributed by atoms with Crippen LogP contribution in [0, 0.1) is 0 Å². The normalized spacial score (nSPS) is 10.1. The number of methoxy groups -OCH3 is 1. The van der Waals surface area contributed by atoms with E-state index in [0.29, 0.717) is 11.4 Å². The van der Waals surface area contributed by atoms with Crippen LogP contribution in [0.1, 0.15) is 16.1 Å². The molecule has 1 amide bonds. The first-order valence-corrected chi connectivity index (χ1v) is 8.29.